The number of nitrogens with two attached hydrogens (primary N) is 1. The third kappa shape index (κ3) is 3.90. The van der Waals surface area contributed by atoms with Crippen LogP contribution in [0.4, 0.5) is 10.1 Å². The van der Waals surface area contributed by atoms with Crippen molar-refractivity contribution in [3.63, 3.8) is 0 Å². The molecule has 1 heterocycles. The molecule has 27 heavy (non-hydrogen) atoms. The van der Waals surface area contributed by atoms with E-state index in [-0.39, 0.29) is 23.2 Å². The molecule has 2 amide bonds. The van der Waals surface area contributed by atoms with Gasteiger partial charge in [0.05, 0.1) is 17.3 Å². The molecule has 1 saturated carbocycles. The second kappa shape index (κ2) is 7.71. The van der Waals surface area contributed by atoms with Crippen molar-refractivity contribution < 1.29 is 14.0 Å². The van der Waals surface area contributed by atoms with E-state index in [0.29, 0.717) is 18.5 Å². The van der Waals surface area contributed by atoms with Crippen LogP contribution in [0, 0.1) is 17.7 Å². The molecule has 0 saturated heterocycles. The number of anilines is 1. The minimum absolute atomic E-state index is 0.0243. The number of carbonyl (C=O) groups is 2. The highest BCUT2D eigenvalue weighted by molar-refractivity contribution is 5.94. The van der Waals surface area contributed by atoms with Gasteiger partial charge in [-0.15, -0.1) is 0 Å². The van der Waals surface area contributed by atoms with Gasteiger partial charge in [-0.25, -0.2) is 4.39 Å². The monoisotopic (exact) mass is 372 g/mol. The van der Waals surface area contributed by atoms with E-state index in [9.17, 15) is 18.8 Å². The molecule has 3 rings (SSSR count). The number of halogens is 1. The summed E-state index contributed by atoms with van der Waals surface area (Å²) in [4.78, 5) is 35.8. The first-order valence-electron chi connectivity index (χ1n) is 8.65. The Hall–Kier alpha value is -3.00. The Balaban J connectivity index is 1.75. The average Bonchev–Trinajstić information content (AvgIpc) is 3.09. The van der Waals surface area contributed by atoms with Crippen LogP contribution in [-0.2, 0) is 9.59 Å². The van der Waals surface area contributed by atoms with E-state index < -0.39 is 23.6 Å². The standard InChI is InChI=1S/C19H21FN4O3/c1-22-16-9-11(8-13(16)18(21)26)19(27)23-15-6-5-12(10-14(15)20)24-7-3-2-4-17(24)25/h2-7,10-11,13,16,22H,8-9H2,1H3,(H2,21,26)(H,23,27). The van der Waals surface area contributed by atoms with Crippen LogP contribution in [0.3, 0.4) is 0 Å². The lowest BCUT2D eigenvalue weighted by Crippen LogP contribution is -2.37. The average molecular weight is 372 g/mol. The van der Waals surface area contributed by atoms with Gasteiger partial charge in [0.15, 0.2) is 0 Å². The van der Waals surface area contributed by atoms with Gasteiger partial charge < -0.3 is 16.4 Å². The molecule has 142 valence electrons. The molecular weight excluding hydrogens is 351 g/mol. The van der Waals surface area contributed by atoms with Crippen molar-refractivity contribution in [2.75, 3.05) is 12.4 Å². The second-order valence-electron chi connectivity index (χ2n) is 6.63. The number of aromatic nitrogens is 1. The lowest BCUT2D eigenvalue weighted by Gasteiger charge is -2.14. The van der Waals surface area contributed by atoms with Crippen LogP contribution < -0.4 is 21.9 Å². The number of carbonyl (C=O) groups excluding carboxylic acids is 2. The fourth-order valence-electron chi connectivity index (χ4n) is 3.52. The molecule has 7 nitrogen and oxygen atoms in total. The molecule has 1 aromatic heterocycles. The maximum Gasteiger partial charge on any atom is 0.255 e. The minimum atomic E-state index is -0.647. The number of nitrogens with zero attached hydrogens (tertiary/aromatic N) is 1. The molecular formula is C19H21FN4O3. The highest BCUT2D eigenvalue weighted by Gasteiger charge is 2.40. The van der Waals surface area contributed by atoms with E-state index in [1.165, 1.54) is 29.0 Å². The molecule has 1 fully saturated rings. The molecule has 8 heteroatoms. The number of rotatable bonds is 5. The minimum Gasteiger partial charge on any atom is -0.369 e. The number of pyridine rings is 1. The van der Waals surface area contributed by atoms with E-state index in [0.717, 1.165) is 0 Å². The normalized spacial score (nSPS) is 21.8. The second-order valence-corrected chi connectivity index (χ2v) is 6.63. The van der Waals surface area contributed by atoms with Gasteiger partial charge in [0.2, 0.25) is 11.8 Å². The fraction of sp³-hybridized carbons (Fsp3) is 0.316. The van der Waals surface area contributed by atoms with Crippen LogP contribution in [0.5, 0.6) is 0 Å². The Morgan fingerprint density at radius 1 is 1.22 bits per heavy atom. The number of nitrogens with one attached hydrogen (secondary N) is 2. The Kier molecular flexibility index (Phi) is 5.36. The number of hydrogen-bond acceptors (Lipinski definition) is 4. The van der Waals surface area contributed by atoms with E-state index in [2.05, 4.69) is 10.6 Å². The van der Waals surface area contributed by atoms with Gasteiger partial charge in [0.1, 0.15) is 5.82 Å². The predicted octanol–water partition coefficient (Wildman–Crippen LogP) is 1.01. The number of amides is 2. The smallest absolute Gasteiger partial charge is 0.255 e. The van der Waals surface area contributed by atoms with Gasteiger partial charge in [-0.05, 0) is 38.1 Å². The van der Waals surface area contributed by atoms with E-state index in [4.69, 9.17) is 5.73 Å². The summed E-state index contributed by atoms with van der Waals surface area (Å²) in [7, 11) is 1.71. The maximum atomic E-state index is 14.4. The molecule has 0 aliphatic heterocycles. The molecule has 1 aliphatic rings. The topological polar surface area (TPSA) is 106 Å². The van der Waals surface area contributed by atoms with Crippen LogP contribution in [0.1, 0.15) is 12.8 Å². The number of primary amides is 1. The molecule has 2 aromatic rings. The summed E-state index contributed by atoms with van der Waals surface area (Å²) in [5.74, 6) is -2.32. The van der Waals surface area contributed by atoms with Crippen molar-refractivity contribution in [3.8, 4) is 5.69 Å². The summed E-state index contributed by atoms with van der Waals surface area (Å²) < 4.78 is 15.8. The summed E-state index contributed by atoms with van der Waals surface area (Å²) in [6.07, 6.45) is 2.32. The van der Waals surface area contributed by atoms with Crippen molar-refractivity contribution in [2.45, 2.75) is 18.9 Å². The van der Waals surface area contributed by atoms with Gasteiger partial charge in [0.25, 0.3) is 5.56 Å². The Morgan fingerprint density at radius 3 is 2.59 bits per heavy atom. The van der Waals surface area contributed by atoms with Crippen molar-refractivity contribution in [1.29, 1.82) is 0 Å². The van der Waals surface area contributed by atoms with Crippen molar-refractivity contribution in [2.24, 2.45) is 17.6 Å². The van der Waals surface area contributed by atoms with Crippen LogP contribution >= 0.6 is 0 Å². The van der Waals surface area contributed by atoms with E-state index >= 15 is 0 Å². The van der Waals surface area contributed by atoms with Crippen molar-refractivity contribution in [3.05, 3.63) is 58.8 Å². The van der Waals surface area contributed by atoms with Crippen LogP contribution in [0.25, 0.3) is 5.69 Å². The molecule has 0 bridgehead atoms. The zero-order valence-corrected chi connectivity index (χ0v) is 14.8. The van der Waals surface area contributed by atoms with Crippen LogP contribution in [0.2, 0.25) is 0 Å². The first-order valence-corrected chi connectivity index (χ1v) is 8.65. The number of hydrogen-bond donors (Lipinski definition) is 3. The Bertz CT molecular complexity index is 927. The van der Waals surface area contributed by atoms with E-state index in [1.807, 2.05) is 0 Å². The quantitative estimate of drug-likeness (QED) is 0.728. The third-order valence-corrected chi connectivity index (χ3v) is 4.98. The zero-order valence-electron chi connectivity index (χ0n) is 14.8. The summed E-state index contributed by atoms with van der Waals surface area (Å²) in [6.45, 7) is 0. The SMILES string of the molecule is CNC1CC(C(=O)Nc2ccc(-n3ccccc3=O)cc2F)CC1C(N)=O. The first-order chi connectivity index (χ1) is 12.9. The maximum absolute atomic E-state index is 14.4. The predicted molar refractivity (Wildman–Crippen MR) is 98.9 cm³/mol. The molecule has 3 unspecified atom stereocenters. The highest BCUT2D eigenvalue weighted by atomic mass is 19.1. The largest absolute Gasteiger partial charge is 0.369 e. The van der Waals surface area contributed by atoms with Crippen molar-refractivity contribution >= 4 is 17.5 Å². The molecule has 1 aliphatic carbocycles. The molecule has 0 spiro atoms. The van der Waals surface area contributed by atoms with Gasteiger partial charge in [-0.2, -0.15) is 0 Å². The van der Waals surface area contributed by atoms with Gasteiger partial charge >= 0.3 is 0 Å². The molecule has 1 aromatic carbocycles. The zero-order chi connectivity index (χ0) is 19.6. The van der Waals surface area contributed by atoms with Crippen LogP contribution in [-0.4, -0.2) is 29.5 Å². The summed E-state index contributed by atoms with van der Waals surface area (Å²) in [5, 5.41) is 5.57. The highest BCUT2D eigenvalue weighted by Crippen LogP contribution is 2.32. The summed E-state index contributed by atoms with van der Waals surface area (Å²) in [5.41, 5.74) is 5.49. The first kappa shape index (κ1) is 18.8. The number of benzene rings is 1. The lowest BCUT2D eigenvalue weighted by molar-refractivity contribution is -0.122. The Labute approximate surface area is 155 Å². The van der Waals surface area contributed by atoms with Gasteiger partial charge in [-0.3, -0.25) is 19.0 Å². The van der Waals surface area contributed by atoms with E-state index in [1.54, 1.807) is 25.2 Å². The third-order valence-electron chi connectivity index (χ3n) is 4.98. The fourth-order valence-corrected chi connectivity index (χ4v) is 3.52. The lowest BCUT2D eigenvalue weighted by atomic mass is 10.0. The van der Waals surface area contributed by atoms with Crippen molar-refractivity contribution in [1.82, 2.24) is 9.88 Å². The van der Waals surface area contributed by atoms with Crippen LogP contribution in [0.15, 0.2) is 47.4 Å². The van der Waals surface area contributed by atoms with Gasteiger partial charge in [0, 0.05) is 30.3 Å². The molecule has 3 atom stereocenters. The molecule has 4 N–H and O–H groups in total. The summed E-state index contributed by atoms with van der Waals surface area (Å²) >= 11 is 0. The Morgan fingerprint density at radius 2 is 2.00 bits per heavy atom. The molecule has 0 radical (unpaired) electrons. The van der Waals surface area contributed by atoms with Gasteiger partial charge in [-0.1, -0.05) is 6.07 Å². The summed E-state index contributed by atoms with van der Waals surface area (Å²) in [6, 6.07) is 8.63.